The van der Waals surface area contributed by atoms with Crippen LogP contribution >= 0.6 is 0 Å². The second-order valence-electron chi connectivity index (χ2n) is 5.15. The third kappa shape index (κ3) is 5.90. The zero-order valence-electron chi connectivity index (χ0n) is 12.7. The first-order chi connectivity index (χ1) is 10.6. The van der Waals surface area contributed by atoms with Crippen molar-refractivity contribution in [1.82, 2.24) is 5.32 Å². The number of ether oxygens (including phenoxy) is 1. The second-order valence-corrected chi connectivity index (χ2v) is 5.15. The lowest BCUT2D eigenvalue weighted by molar-refractivity contribution is -0.143. The van der Waals surface area contributed by atoms with E-state index in [4.69, 9.17) is 9.84 Å². The predicted octanol–water partition coefficient (Wildman–Crippen LogP) is 2.10. The number of hydrogen-bond acceptors (Lipinski definition) is 3. The highest BCUT2D eigenvalue weighted by Crippen LogP contribution is 2.29. The van der Waals surface area contributed by atoms with Crippen LogP contribution in [0.5, 0.6) is 0 Å². The minimum Gasteiger partial charge on any atom is -0.480 e. The normalized spacial score (nSPS) is 14.1. The molecule has 128 valence electrons. The van der Waals surface area contributed by atoms with Crippen LogP contribution in [0.2, 0.25) is 0 Å². The van der Waals surface area contributed by atoms with Crippen LogP contribution < -0.4 is 5.32 Å². The van der Waals surface area contributed by atoms with E-state index in [1.54, 1.807) is 6.92 Å². The van der Waals surface area contributed by atoms with Crippen LogP contribution in [0, 0.1) is 5.92 Å². The average Bonchev–Trinajstić information content (AvgIpc) is 2.46. The van der Waals surface area contributed by atoms with Gasteiger partial charge in [0.05, 0.1) is 12.2 Å². The molecule has 1 aromatic rings. The Hall–Kier alpha value is -2.09. The fourth-order valence-electron chi connectivity index (χ4n) is 1.93. The monoisotopic (exact) mass is 333 g/mol. The molecule has 8 heteroatoms. The van der Waals surface area contributed by atoms with Gasteiger partial charge in [-0.3, -0.25) is 4.79 Å². The molecule has 0 aromatic heterocycles. The van der Waals surface area contributed by atoms with Crippen molar-refractivity contribution >= 4 is 11.9 Å². The first-order valence-electron chi connectivity index (χ1n) is 6.83. The Morgan fingerprint density at radius 3 is 2.26 bits per heavy atom. The lowest BCUT2D eigenvalue weighted by Crippen LogP contribution is -2.46. The van der Waals surface area contributed by atoms with Gasteiger partial charge in [-0.25, -0.2) is 4.79 Å². The van der Waals surface area contributed by atoms with Crippen LogP contribution in [0.3, 0.4) is 0 Å². The SMILES string of the molecule is COCC(NC(=O)C(C)Cc1ccc(C(F)(F)F)cc1)C(=O)O. The fourth-order valence-corrected chi connectivity index (χ4v) is 1.93. The quantitative estimate of drug-likeness (QED) is 0.801. The van der Waals surface area contributed by atoms with Crippen LogP contribution in [0.4, 0.5) is 13.2 Å². The molecule has 2 unspecified atom stereocenters. The van der Waals surface area contributed by atoms with Crippen LogP contribution in [0.25, 0.3) is 0 Å². The van der Waals surface area contributed by atoms with E-state index in [-0.39, 0.29) is 13.0 Å². The van der Waals surface area contributed by atoms with Gasteiger partial charge in [0.1, 0.15) is 0 Å². The zero-order valence-corrected chi connectivity index (χ0v) is 12.7. The van der Waals surface area contributed by atoms with E-state index in [1.807, 2.05) is 0 Å². The van der Waals surface area contributed by atoms with Crippen molar-refractivity contribution < 1.29 is 32.6 Å². The van der Waals surface area contributed by atoms with Crippen LogP contribution in [0.15, 0.2) is 24.3 Å². The maximum atomic E-state index is 12.5. The molecule has 2 N–H and O–H groups in total. The van der Waals surface area contributed by atoms with Gasteiger partial charge >= 0.3 is 12.1 Å². The summed E-state index contributed by atoms with van der Waals surface area (Å²) >= 11 is 0. The second kappa shape index (κ2) is 7.96. The highest BCUT2D eigenvalue weighted by molar-refractivity contribution is 5.85. The van der Waals surface area contributed by atoms with Gasteiger partial charge in [-0.2, -0.15) is 13.2 Å². The predicted molar refractivity (Wildman–Crippen MR) is 75.8 cm³/mol. The zero-order chi connectivity index (χ0) is 17.6. The first kappa shape index (κ1) is 19.0. The Kier molecular flexibility index (Phi) is 6.56. The van der Waals surface area contributed by atoms with E-state index < -0.39 is 35.6 Å². The number of benzene rings is 1. The van der Waals surface area contributed by atoms with E-state index in [0.717, 1.165) is 12.1 Å². The lowest BCUT2D eigenvalue weighted by Gasteiger charge is -2.17. The molecule has 0 saturated carbocycles. The number of alkyl halides is 3. The molecule has 0 fully saturated rings. The minimum absolute atomic E-state index is 0.173. The minimum atomic E-state index is -4.41. The smallest absolute Gasteiger partial charge is 0.416 e. The molecule has 1 amide bonds. The summed E-state index contributed by atoms with van der Waals surface area (Å²) in [6.07, 6.45) is -4.21. The summed E-state index contributed by atoms with van der Waals surface area (Å²) in [7, 11) is 1.31. The molecule has 0 radical (unpaired) electrons. The molecule has 1 aromatic carbocycles. The molecule has 2 atom stereocenters. The summed E-state index contributed by atoms with van der Waals surface area (Å²) in [6, 6.07) is 3.34. The largest absolute Gasteiger partial charge is 0.480 e. The van der Waals surface area contributed by atoms with Crippen molar-refractivity contribution in [2.75, 3.05) is 13.7 Å². The Labute approximate surface area is 131 Å². The van der Waals surface area contributed by atoms with Crippen molar-refractivity contribution in [2.45, 2.75) is 25.6 Å². The van der Waals surface area contributed by atoms with E-state index in [2.05, 4.69) is 5.32 Å². The van der Waals surface area contributed by atoms with Gasteiger partial charge in [-0.1, -0.05) is 19.1 Å². The van der Waals surface area contributed by atoms with Crippen LogP contribution in [-0.4, -0.2) is 36.7 Å². The van der Waals surface area contributed by atoms with E-state index in [9.17, 15) is 22.8 Å². The van der Waals surface area contributed by atoms with Gasteiger partial charge in [0.2, 0.25) is 5.91 Å². The average molecular weight is 333 g/mol. The van der Waals surface area contributed by atoms with E-state index in [1.165, 1.54) is 19.2 Å². The van der Waals surface area contributed by atoms with Gasteiger partial charge in [-0.05, 0) is 24.1 Å². The van der Waals surface area contributed by atoms with Gasteiger partial charge in [0, 0.05) is 13.0 Å². The molecule has 1 rings (SSSR count). The number of carbonyl (C=O) groups excluding carboxylic acids is 1. The maximum Gasteiger partial charge on any atom is 0.416 e. The summed E-state index contributed by atoms with van der Waals surface area (Å²) in [6.45, 7) is 1.40. The Bertz CT molecular complexity index is 543. The number of nitrogens with one attached hydrogen (secondary N) is 1. The molecule has 0 saturated heterocycles. The van der Waals surface area contributed by atoms with Crippen molar-refractivity contribution in [2.24, 2.45) is 5.92 Å². The number of amides is 1. The molecule has 5 nitrogen and oxygen atoms in total. The Balaban J connectivity index is 2.66. The molecule has 0 aliphatic heterocycles. The number of carbonyl (C=O) groups is 2. The molecule has 0 heterocycles. The fraction of sp³-hybridized carbons (Fsp3) is 0.467. The first-order valence-corrected chi connectivity index (χ1v) is 6.83. The number of carboxylic acids is 1. The third-order valence-electron chi connectivity index (χ3n) is 3.22. The highest BCUT2D eigenvalue weighted by atomic mass is 19.4. The molecule has 0 bridgehead atoms. The van der Waals surface area contributed by atoms with E-state index >= 15 is 0 Å². The Morgan fingerprint density at radius 2 is 1.83 bits per heavy atom. The van der Waals surface area contributed by atoms with Gasteiger partial charge in [-0.15, -0.1) is 0 Å². The van der Waals surface area contributed by atoms with Crippen molar-refractivity contribution in [3.8, 4) is 0 Å². The standard InChI is InChI=1S/C15H18F3NO4/c1-9(13(20)19-12(8-23-2)14(21)22)7-10-3-5-11(6-4-10)15(16,17)18/h3-6,9,12H,7-8H2,1-2H3,(H,19,20)(H,21,22). The van der Waals surface area contributed by atoms with Crippen molar-refractivity contribution in [1.29, 1.82) is 0 Å². The van der Waals surface area contributed by atoms with Crippen molar-refractivity contribution in [3.05, 3.63) is 35.4 Å². The third-order valence-corrected chi connectivity index (χ3v) is 3.22. The summed E-state index contributed by atoms with van der Waals surface area (Å²) < 4.78 is 42.1. The van der Waals surface area contributed by atoms with Crippen molar-refractivity contribution in [3.63, 3.8) is 0 Å². The summed E-state index contributed by atoms with van der Waals surface area (Å²) in [4.78, 5) is 22.9. The number of halogens is 3. The molecule has 23 heavy (non-hydrogen) atoms. The number of rotatable bonds is 7. The molecular formula is C15H18F3NO4. The number of aliphatic carboxylic acids is 1. The molecule has 0 spiro atoms. The van der Waals surface area contributed by atoms with Gasteiger partial charge in [0.25, 0.3) is 0 Å². The topological polar surface area (TPSA) is 75.6 Å². The van der Waals surface area contributed by atoms with Gasteiger partial charge < -0.3 is 15.2 Å². The molecule has 0 aliphatic rings. The Morgan fingerprint density at radius 1 is 1.26 bits per heavy atom. The summed E-state index contributed by atoms with van der Waals surface area (Å²) in [5.41, 5.74) is -0.205. The number of methoxy groups -OCH3 is 1. The maximum absolute atomic E-state index is 12.5. The van der Waals surface area contributed by atoms with Gasteiger partial charge in [0.15, 0.2) is 6.04 Å². The van der Waals surface area contributed by atoms with Crippen LogP contribution in [0.1, 0.15) is 18.1 Å². The number of hydrogen-bond donors (Lipinski definition) is 2. The van der Waals surface area contributed by atoms with Crippen LogP contribution in [-0.2, 0) is 26.9 Å². The highest BCUT2D eigenvalue weighted by Gasteiger charge is 2.30. The summed E-state index contributed by atoms with van der Waals surface area (Å²) in [5, 5.41) is 11.3. The lowest BCUT2D eigenvalue weighted by atomic mass is 9.99. The number of carboxylic acid groups (broad SMARTS) is 1. The summed E-state index contributed by atoms with van der Waals surface area (Å²) in [5.74, 6) is -2.32. The molecular weight excluding hydrogens is 315 g/mol. The van der Waals surface area contributed by atoms with E-state index in [0.29, 0.717) is 5.56 Å². The molecule has 0 aliphatic carbocycles.